The van der Waals surface area contributed by atoms with E-state index in [9.17, 15) is 14.0 Å². The van der Waals surface area contributed by atoms with Crippen LogP contribution in [0.25, 0.3) is 0 Å². The Hall–Kier alpha value is -2.80. The molecule has 0 unspecified atom stereocenters. The Morgan fingerprint density at radius 3 is 2.34 bits per heavy atom. The standard InChI is InChI=1S/C21H22ClFN4O2/c22-16-2-1-3-19(14-16)24-8-10-25(11-9-24)20(28)15-26-12-13-27(21(26)29)18-6-4-17(23)5-7-18/h1-7,14H,8-13,15H2. The minimum absolute atomic E-state index is 0.0509. The van der Waals surface area contributed by atoms with Crippen LogP contribution in [-0.4, -0.2) is 67.6 Å². The summed E-state index contributed by atoms with van der Waals surface area (Å²) in [6, 6.07) is 13.3. The van der Waals surface area contributed by atoms with Crippen LogP contribution < -0.4 is 9.80 Å². The molecule has 2 aromatic rings. The van der Waals surface area contributed by atoms with Crippen molar-refractivity contribution in [3.05, 3.63) is 59.4 Å². The molecule has 0 aliphatic carbocycles. The van der Waals surface area contributed by atoms with E-state index in [0.29, 0.717) is 36.9 Å². The fourth-order valence-electron chi connectivity index (χ4n) is 3.74. The predicted octanol–water partition coefficient (Wildman–Crippen LogP) is 3.07. The number of benzene rings is 2. The van der Waals surface area contributed by atoms with Gasteiger partial charge in [-0.25, -0.2) is 9.18 Å². The number of carbonyl (C=O) groups is 2. The van der Waals surface area contributed by atoms with Crippen molar-refractivity contribution in [1.29, 1.82) is 0 Å². The topological polar surface area (TPSA) is 47.1 Å². The van der Waals surface area contributed by atoms with Gasteiger partial charge in [-0.2, -0.15) is 0 Å². The van der Waals surface area contributed by atoms with Crippen LogP contribution in [0.1, 0.15) is 0 Å². The maximum atomic E-state index is 13.1. The van der Waals surface area contributed by atoms with E-state index < -0.39 is 0 Å². The van der Waals surface area contributed by atoms with Gasteiger partial charge in [-0.3, -0.25) is 9.69 Å². The van der Waals surface area contributed by atoms with E-state index in [1.165, 1.54) is 12.1 Å². The fraction of sp³-hybridized carbons (Fsp3) is 0.333. The summed E-state index contributed by atoms with van der Waals surface area (Å²) in [6.07, 6.45) is 0. The molecule has 2 aliphatic rings. The number of rotatable bonds is 4. The number of carbonyl (C=O) groups excluding carboxylic acids is 2. The summed E-state index contributed by atoms with van der Waals surface area (Å²) < 4.78 is 13.1. The quantitative estimate of drug-likeness (QED) is 0.769. The molecule has 0 saturated carbocycles. The number of piperazine rings is 1. The lowest BCUT2D eigenvalue weighted by molar-refractivity contribution is -0.131. The van der Waals surface area contributed by atoms with Crippen LogP contribution in [0.2, 0.25) is 5.02 Å². The van der Waals surface area contributed by atoms with Gasteiger partial charge in [0.1, 0.15) is 12.4 Å². The van der Waals surface area contributed by atoms with Gasteiger partial charge >= 0.3 is 6.03 Å². The molecule has 0 radical (unpaired) electrons. The van der Waals surface area contributed by atoms with Gasteiger partial charge in [-0.1, -0.05) is 17.7 Å². The maximum Gasteiger partial charge on any atom is 0.325 e. The lowest BCUT2D eigenvalue weighted by Gasteiger charge is -2.36. The van der Waals surface area contributed by atoms with Gasteiger partial charge in [0.25, 0.3) is 0 Å². The van der Waals surface area contributed by atoms with E-state index in [2.05, 4.69) is 4.90 Å². The first-order valence-electron chi connectivity index (χ1n) is 9.61. The molecule has 2 saturated heterocycles. The predicted molar refractivity (Wildman–Crippen MR) is 111 cm³/mol. The van der Waals surface area contributed by atoms with Gasteiger partial charge in [0.2, 0.25) is 5.91 Å². The molecule has 2 fully saturated rings. The third-order valence-electron chi connectivity index (χ3n) is 5.37. The largest absolute Gasteiger partial charge is 0.368 e. The second kappa shape index (κ2) is 8.29. The van der Waals surface area contributed by atoms with E-state index in [0.717, 1.165) is 18.8 Å². The summed E-state index contributed by atoms with van der Waals surface area (Å²) in [5, 5.41) is 0.694. The number of anilines is 2. The number of halogens is 2. The Bertz CT molecular complexity index is 900. The summed E-state index contributed by atoms with van der Waals surface area (Å²) in [5.41, 5.74) is 1.69. The van der Waals surface area contributed by atoms with Crippen LogP contribution >= 0.6 is 11.6 Å². The molecule has 2 aromatic carbocycles. The second-order valence-corrected chi connectivity index (χ2v) is 7.62. The van der Waals surface area contributed by atoms with Crippen molar-refractivity contribution in [3.63, 3.8) is 0 Å². The average Bonchev–Trinajstić information content (AvgIpc) is 3.09. The number of nitrogens with zero attached hydrogens (tertiary/aromatic N) is 4. The Kier molecular flexibility index (Phi) is 5.58. The van der Waals surface area contributed by atoms with Crippen LogP contribution in [0.3, 0.4) is 0 Å². The molecule has 0 N–H and O–H groups in total. The molecule has 4 rings (SSSR count). The highest BCUT2D eigenvalue weighted by Gasteiger charge is 2.32. The summed E-state index contributed by atoms with van der Waals surface area (Å²) in [5.74, 6) is -0.394. The van der Waals surface area contributed by atoms with E-state index >= 15 is 0 Å². The van der Waals surface area contributed by atoms with Gasteiger partial charge in [0, 0.05) is 55.7 Å². The summed E-state index contributed by atoms with van der Waals surface area (Å²) in [7, 11) is 0. The Morgan fingerprint density at radius 1 is 0.931 bits per heavy atom. The normalized spacial score (nSPS) is 17.2. The van der Waals surface area contributed by atoms with Crippen LogP contribution in [0, 0.1) is 5.82 Å². The molecule has 2 heterocycles. The second-order valence-electron chi connectivity index (χ2n) is 7.18. The van der Waals surface area contributed by atoms with E-state index in [1.807, 2.05) is 24.3 Å². The Balaban J connectivity index is 1.31. The highest BCUT2D eigenvalue weighted by Crippen LogP contribution is 2.22. The smallest absolute Gasteiger partial charge is 0.325 e. The lowest BCUT2D eigenvalue weighted by atomic mass is 10.2. The monoisotopic (exact) mass is 416 g/mol. The molecular formula is C21H22ClFN4O2. The van der Waals surface area contributed by atoms with Crippen LogP contribution in [0.15, 0.2) is 48.5 Å². The fourth-order valence-corrected chi connectivity index (χ4v) is 3.92. The Morgan fingerprint density at radius 2 is 1.66 bits per heavy atom. The summed E-state index contributed by atoms with van der Waals surface area (Å²) in [6.45, 7) is 3.69. The number of hydrogen-bond donors (Lipinski definition) is 0. The van der Waals surface area contributed by atoms with Gasteiger partial charge in [0.15, 0.2) is 0 Å². The Labute approximate surface area is 174 Å². The summed E-state index contributed by atoms with van der Waals surface area (Å²) in [4.78, 5) is 32.5. The highest BCUT2D eigenvalue weighted by molar-refractivity contribution is 6.30. The third kappa shape index (κ3) is 4.29. The van der Waals surface area contributed by atoms with Gasteiger partial charge in [-0.15, -0.1) is 0 Å². The van der Waals surface area contributed by atoms with Gasteiger partial charge in [-0.05, 0) is 42.5 Å². The van der Waals surface area contributed by atoms with Crippen LogP contribution in [0.5, 0.6) is 0 Å². The SMILES string of the molecule is O=C(CN1CCN(c2ccc(F)cc2)C1=O)N1CCN(c2cccc(Cl)c2)CC1. The zero-order valence-electron chi connectivity index (χ0n) is 15.9. The molecule has 8 heteroatoms. The molecular weight excluding hydrogens is 395 g/mol. The first kappa shape index (κ1) is 19.5. The molecule has 0 aromatic heterocycles. The molecule has 2 aliphatic heterocycles. The van der Waals surface area contributed by atoms with Crippen LogP contribution in [-0.2, 0) is 4.79 Å². The molecule has 152 valence electrons. The van der Waals surface area contributed by atoms with Crippen molar-refractivity contribution in [1.82, 2.24) is 9.80 Å². The van der Waals surface area contributed by atoms with E-state index in [1.54, 1.807) is 26.8 Å². The van der Waals surface area contributed by atoms with Crippen molar-refractivity contribution >= 4 is 34.9 Å². The number of hydrogen-bond acceptors (Lipinski definition) is 3. The van der Waals surface area contributed by atoms with Crippen molar-refractivity contribution in [3.8, 4) is 0 Å². The molecule has 0 spiro atoms. The molecule has 29 heavy (non-hydrogen) atoms. The first-order valence-corrected chi connectivity index (χ1v) is 9.99. The third-order valence-corrected chi connectivity index (χ3v) is 5.60. The average molecular weight is 417 g/mol. The first-order chi connectivity index (χ1) is 14.0. The van der Waals surface area contributed by atoms with Crippen molar-refractivity contribution in [2.45, 2.75) is 0 Å². The van der Waals surface area contributed by atoms with Crippen molar-refractivity contribution < 1.29 is 14.0 Å². The van der Waals surface area contributed by atoms with Crippen molar-refractivity contribution in [2.75, 3.05) is 55.6 Å². The molecule has 6 nitrogen and oxygen atoms in total. The lowest BCUT2D eigenvalue weighted by Crippen LogP contribution is -2.51. The minimum atomic E-state index is -0.343. The number of amides is 3. The van der Waals surface area contributed by atoms with Crippen molar-refractivity contribution in [2.24, 2.45) is 0 Å². The minimum Gasteiger partial charge on any atom is -0.368 e. The zero-order valence-corrected chi connectivity index (χ0v) is 16.7. The van der Waals surface area contributed by atoms with E-state index in [-0.39, 0.29) is 24.3 Å². The number of urea groups is 1. The molecule has 3 amide bonds. The summed E-state index contributed by atoms with van der Waals surface area (Å²) >= 11 is 6.06. The van der Waals surface area contributed by atoms with Gasteiger partial charge < -0.3 is 14.7 Å². The van der Waals surface area contributed by atoms with E-state index in [4.69, 9.17) is 11.6 Å². The highest BCUT2D eigenvalue weighted by atomic mass is 35.5. The van der Waals surface area contributed by atoms with Gasteiger partial charge in [0.05, 0.1) is 0 Å². The zero-order chi connectivity index (χ0) is 20.4. The van der Waals surface area contributed by atoms with Crippen LogP contribution in [0.4, 0.5) is 20.6 Å². The molecule has 0 bridgehead atoms. The maximum absolute atomic E-state index is 13.1. The molecule has 0 atom stereocenters.